The molecule has 1 aromatic heterocycles. The van der Waals surface area contributed by atoms with Gasteiger partial charge in [0.25, 0.3) is 5.56 Å². The van der Waals surface area contributed by atoms with E-state index in [-0.39, 0.29) is 34.0 Å². The molecule has 2 aromatic carbocycles. The van der Waals surface area contributed by atoms with Crippen LogP contribution < -0.4 is 24.5 Å². The fourth-order valence-corrected chi connectivity index (χ4v) is 4.21. The zero-order valence-electron chi connectivity index (χ0n) is 19.3. The second kappa shape index (κ2) is 10.5. The standard InChI is InChI=1S/C23H26N2O7S/c1-7-32-22(27)13(2)33-23-24-18-16(12-17(29-4)19(30-5)20(18)31-6)21(26)25(23)14-9-8-10-15(11-14)28-3/h8-13H,7H2,1-6H3/t13-/m0/s1. The maximum absolute atomic E-state index is 13.8. The van der Waals surface area contributed by atoms with E-state index < -0.39 is 11.2 Å². The van der Waals surface area contributed by atoms with Crippen LogP contribution in [0, 0.1) is 0 Å². The maximum atomic E-state index is 13.8. The van der Waals surface area contributed by atoms with Crippen LogP contribution in [0.5, 0.6) is 23.0 Å². The molecule has 1 atom stereocenters. The molecule has 0 aliphatic heterocycles. The zero-order valence-corrected chi connectivity index (χ0v) is 20.1. The van der Waals surface area contributed by atoms with Crippen molar-refractivity contribution in [2.45, 2.75) is 24.3 Å². The van der Waals surface area contributed by atoms with Crippen molar-refractivity contribution in [3.63, 3.8) is 0 Å². The predicted molar refractivity (Wildman–Crippen MR) is 126 cm³/mol. The van der Waals surface area contributed by atoms with Gasteiger partial charge in [-0.15, -0.1) is 0 Å². The van der Waals surface area contributed by atoms with Gasteiger partial charge >= 0.3 is 5.97 Å². The number of benzene rings is 2. The van der Waals surface area contributed by atoms with E-state index in [1.807, 2.05) is 0 Å². The Morgan fingerprint density at radius 3 is 2.39 bits per heavy atom. The third-order valence-electron chi connectivity index (χ3n) is 4.85. The van der Waals surface area contributed by atoms with Crippen LogP contribution in [0.1, 0.15) is 13.8 Å². The van der Waals surface area contributed by atoms with E-state index in [2.05, 4.69) is 0 Å². The molecule has 0 spiro atoms. The highest BCUT2D eigenvalue weighted by atomic mass is 32.2. The number of carbonyl (C=O) groups is 1. The Morgan fingerprint density at radius 1 is 1.06 bits per heavy atom. The molecule has 0 aliphatic carbocycles. The van der Waals surface area contributed by atoms with Crippen LogP contribution >= 0.6 is 11.8 Å². The molecule has 0 radical (unpaired) electrons. The number of methoxy groups -OCH3 is 4. The van der Waals surface area contributed by atoms with Crippen molar-refractivity contribution in [1.29, 1.82) is 0 Å². The molecule has 0 amide bonds. The lowest BCUT2D eigenvalue weighted by Crippen LogP contribution is -2.24. The number of fused-ring (bicyclic) bond motifs is 1. The summed E-state index contributed by atoms with van der Waals surface area (Å²) in [5, 5.41) is -0.0652. The van der Waals surface area contributed by atoms with Crippen LogP contribution in [0.15, 0.2) is 40.3 Å². The first-order valence-corrected chi connectivity index (χ1v) is 11.0. The number of thioether (sulfide) groups is 1. The average molecular weight is 475 g/mol. The van der Waals surface area contributed by atoms with Gasteiger partial charge in [-0.2, -0.15) is 0 Å². The molecule has 33 heavy (non-hydrogen) atoms. The summed E-state index contributed by atoms with van der Waals surface area (Å²) in [6.45, 7) is 3.68. The van der Waals surface area contributed by atoms with Crippen molar-refractivity contribution in [1.82, 2.24) is 9.55 Å². The van der Waals surface area contributed by atoms with Gasteiger partial charge in [0.1, 0.15) is 16.5 Å². The molecule has 0 saturated carbocycles. The Morgan fingerprint density at radius 2 is 1.79 bits per heavy atom. The summed E-state index contributed by atoms with van der Waals surface area (Å²) in [5.74, 6) is 1.06. The van der Waals surface area contributed by atoms with Gasteiger partial charge in [0.2, 0.25) is 5.75 Å². The number of aromatic nitrogens is 2. The molecule has 0 fully saturated rings. The Labute approximate surface area is 195 Å². The van der Waals surface area contributed by atoms with Gasteiger partial charge in [0, 0.05) is 6.07 Å². The molecule has 0 saturated heterocycles. The summed E-state index contributed by atoms with van der Waals surface area (Å²) in [4.78, 5) is 30.8. The topological polar surface area (TPSA) is 98.1 Å². The fourth-order valence-electron chi connectivity index (χ4n) is 3.29. The van der Waals surface area contributed by atoms with Crippen molar-refractivity contribution < 1.29 is 28.5 Å². The monoisotopic (exact) mass is 474 g/mol. The predicted octanol–water partition coefficient (Wildman–Crippen LogP) is 3.46. The molecular formula is C23H26N2O7S. The van der Waals surface area contributed by atoms with Crippen molar-refractivity contribution in [2.24, 2.45) is 0 Å². The molecule has 3 aromatic rings. The van der Waals surface area contributed by atoms with Gasteiger partial charge in [-0.1, -0.05) is 17.8 Å². The highest BCUT2D eigenvalue weighted by molar-refractivity contribution is 8.00. The van der Waals surface area contributed by atoms with Crippen LogP contribution in [0.2, 0.25) is 0 Å². The molecule has 9 nitrogen and oxygen atoms in total. The molecule has 1 heterocycles. The van der Waals surface area contributed by atoms with Crippen LogP contribution in [-0.2, 0) is 9.53 Å². The normalized spacial score (nSPS) is 11.7. The first-order chi connectivity index (χ1) is 15.9. The number of esters is 1. The van der Waals surface area contributed by atoms with E-state index in [9.17, 15) is 9.59 Å². The molecule has 0 bridgehead atoms. The number of carbonyl (C=O) groups excluding carboxylic acids is 1. The second-order valence-corrected chi connectivity index (χ2v) is 8.10. The minimum atomic E-state index is -0.614. The molecule has 0 N–H and O–H groups in total. The lowest BCUT2D eigenvalue weighted by atomic mass is 10.2. The van der Waals surface area contributed by atoms with E-state index in [1.165, 1.54) is 25.9 Å². The summed E-state index contributed by atoms with van der Waals surface area (Å²) < 4.78 is 28.3. The van der Waals surface area contributed by atoms with Crippen LogP contribution in [0.3, 0.4) is 0 Å². The van der Waals surface area contributed by atoms with Crippen molar-refractivity contribution >= 4 is 28.6 Å². The first-order valence-electron chi connectivity index (χ1n) is 10.1. The van der Waals surface area contributed by atoms with E-state index in [0.29, 0.717) is 22.9 Å². The Balaban J connectivity index is 2.36. The highest BCUT2D eigenvalue weighted by Crippen LogP contribution is 2.42. The van der Waals surface area contributed by atoms with Gasteiger partial charge in [0.15, 0.2) is 16.7 Å². The second-order valence-electron chi connectivity index (χ2n) is 6.79. The summed E-state index contributed by atoms with van der Waals surface area (Å²) in [5.41, 5.74) is 0.449. The number of hydrogen-bond acceptors (Lipinski definition) is 9. The average Bonchev–Trinajstić information content (AvgIpc) is 2.83. The summed E-state index contributed by atoms with van der Waals surface area (Å²) in [6.07, 6.45) is 0. The number of rotatable bonds is 9. The minimum Gasteiger partial charge on any atom is -0.497 e. The number of ether oxygens (including phenoxy) is 5. The molecular weight excluding hydrogens is 448 g/mol. The quantitative estimate of drug-likeness (QED) is 0.262. The van der Waals surface area contributed by atoms with Crippen molar-refractivity contribution in [3.05, 3.63) is 40.7 Å². The molecule has 10 heteroatoms. The SMILES string of the molecule is CCOC(=O)[C@H](C)Sc1nc2c(OC)c(OC)c(OC)cc2c(=O)n1-c1cccc(OC)c1. The lowest BCUT2D eigenvalue weighted by Gasteiger charge is -2.19. The molecule has 0 unspecified atom stereocenters. The molecule has 176 valence electrons. The number of nitrogens with zero attached hydrogens (tertiary/aromatic N) is 2. The van der Waals surface area contributed by atoms with E-state index >= 15 is 0 Å². The first kappa shape index (κ1) is 24.2. The lowest BCUT2D eigenvalue weighted by molar-refractivity contribution is -0.142. The minimum absolute atomic E-state index is 0.252. The third-order valence-corrected chi connectivity index (χ3v) is 5.88. The summed E-state index contributed by atoms with van der Waals surface area (Å²) >= 11 is 1.11. The largest absolute Gasteiger partial charge is 0.497 e. The highest BCUT2D eigenvalue weighted by Gasteiger charge is 2.25. The van der Waals surface area contributed by atoms with E-state index in [4.69, 9.17) is 28.7 Å². The van der Waals surface area contributed by atoms with Crippen LogP contribution in [0.4, 0.5) is 0 Å². The van der Waals surface area contributed by atoms with Gasteiger partial charge in [-0.25, -0.2) is 4.98 Å². The number of hydrogen-bond donors (Lipinski definition) is 0. The van der Waals surface area contributed by atoms with Crippen LogP contribution in [0.25, 0.3) is 16.6 Å². The van der Waals surface area contributed by atoms with Gasteiger partial charge in [0.05, 0.1) is 46.1 Å². The van der Waals surface area contributed by atoms with Crippen molar-refractivity contribution in [2.75, 3.05) is 35.0 Å². The van der Waals surface area contributed by atoms with E-state index in [0.717, 1.165) is 11.8 Å². The van der Waals surface area contributed by atoms with Crippen molar-refractivity contribution in [3.8, 4) is 28.7 Å². The van der Waals surface area contributed by atoms with Gasteiger partial charge in [-0.05, 0) is 32.0 Å². The Kier molecular flexibility index (Phi) is 7.70. The smallest absolute Gasteiger partial charge is 0.319 e. The van der Waals surface area contributed by atoms with Gasteiger partial charge < -0.3 is 23.7 Å². The van der Waals surface area contributed by atoms with Crippen LogP contribution in [-0.4, -0.2) is 55.8 Å². The maximum Gasteiger partial charge on any atom is 0.319 e. The Hall–Kier alpha value is -3.40. The third kappa shape index (κ3) is 4.70. The molecule has 3 rings (SSSR count). The summed E-state index contributed by atoms with van der Waals surface area (Å²) in [7, 11) is 5.95. The molecule has 0 aliphatic rings. The zero-order chi connectivity index (χ0) is 24.1. The fraction of sp³-hybridized carbons (Fsp3) is 0.348. The summed E-state index contributed by atoms with van der Waals surface area (Å²) in [6, 6.07) is 8.57. The van der Waals surface area contributed by atoms with E-state index in [1.54, 1.807) is 51.3 Å². The van der Waals surface area contributed by atoms with Gasteiger partial charge in [-0.3, -0.25) is 14.2 Å². The Bertz CT molecular complexity index is 1230.